The van der Waals surface area contributed by atoms with Crippen LogP contribution in [0.15, 0.2) is 96.1 Å². The second-order valence-electron chi connectivity index (χ2n) is 8.99. The van der Waals surface area contributed by atoms with Crippen LogP contribution in [0.2, 0.25) is 5.02 Å². The van der Waals surface area contributed by atoms with E-state index in [1.165, 1.54) is 6.21 Å². The lowest BCUT2D eigenvalue weighted by atomic mass is 10.0. The van der Waals surface area contributed by atoms with Gasteiger partial charge in [-0.25, -0.2) is 10.2 Å². The number of hydrazone groups is 1. The van der Waals surface area contributed by atoms with E-state index in [-0.39, 0.29) is 0 Å². The van der Waals surface area contributed by atoms with Gasteiger partial charge >= 0.3 is 5.97 Å². The summed E-state index contributed by atoms with van der Waals surface area (Å²) in [6.07, 6.45) is 1.43. The number of nitrogens with one attached hydrogen (secondary N) is 2. The van der Waals surface area contributed by atoms with Crippen molar-refractivity contribution in [2.75, 3.05) is 6.61 Å². The molecule has 7 nitrogen and oxygen atoms in total. The molecule has 0 saturated carbocycles. The molecule has 200 valence electrons. The zero-order chi connectivity index (χ0) is 28.1. The first-order valence-corrected chi connectivity index (χ1v) is 13.1. The summed E-state index contributed by atoms with van der Waals surface area (Å²) >= 11 is 6.54. The summed E-state index contributed by atoms with van der Waals surface area (Å²) in [5.74, 6) is 0.0546. The molecule has 0 bridgehead atoms. The molecule has 8 heteroatoms. The summed E-state index contributed by atoms with van der Waals surface area (Å²) < 4.78 is 11.3. The second kappa shape index (κ2) is 11.9. The summed E-state index contributed by atoms with van der Waals surface area (Å²) in [6, 6.07) is 27.0. The number of hydrogen-bond donors (Lipinski definition) is 2. The molecule has 0 aliphatic heterocycles. The highest BCUT2D eigenvalue weighted by molar-refractivity contribution is 6.34. The molecule has 0 saturated heterocycles. The SMILES string of the molecule is CCOc1ccc2[nH]c(C(=O)NN=Cc3ccccc3OC(=O)c3cccc(C)c3)c(-c3ccccc3Cl)c2c1. The number of para-hydroxylation sites is 1. The van der Waals surface area contributed by atoms with Crippen LogP contribution in [-0.4, -0.2) is 29.7 Å². The van der Waals surface area contributed by atoms with E-state index in [1.807, 2.05) is 56.3 Å². The molecule has 1 amide bonds. The van der Waals surface area contributed by atoms with Gasteiger partial charge in [0.1, 0.15) is 17.2 Å². The highest BCUT2D eigenvalue weighted by atomic mass is 35.5. The van der Waals surface area contributed by atoms with Crippen molar-refractivity contribution in [1.82, 2.24) is 10.4 Å². The largest absolute Gasteiger partial charge is 0.494 e. The number of H-pyrrole nitrogens is 1. The third-order valence-electron chi connectivity index (χ3n) is 6.20. The minimum atomic E-state index is -0.484. The quantitative estimate of drug-likeness (QED) is 0.0924. The third-order valence-corrected chi connectivity index (χ3v) is 6.53. The average molecular weight is 552 g/mol. The zero-order valence-electron chi connectivity index (χ0n) is 21.9. The summed E-state index contributed by atoms with van der Waals surface area (Å²) in [7, 11) is 0. The van der Waals surface area contributed by atoms with Crippen molar-refractivity contribution in [1.29, 1.82) is 0 Å². The highest BCUT2D eigenvalue weighted by Gasteiger charge is 2.21. The number of aryl methyl sites for hydroxylation is 1. The second-order valence-corrected chi connectivity index (χ2v) is 9.40. The topological polar surface area (TPSA) is 92.8 Å². The molecule has 5 aromatic rings. The van der Waals surface area contributed by atoms with E-state index in [4.69, 9.17) is 21.1 Å². The van der Waals surface area contributed by atoms with E-state index < -0.39 is 11.9 Å². The van der Waals surface area contributed by atoms with Gasteiger partial charge in [-0.1, -0.05) is 59.6 Å². The van der Waals surface area contributed by atoms with Crippen LogP contribution in [0.4, 0.5) is 0 Å². The molecule has 0 unspecified atom stereocenters. The smallest absolute Gasteiger partial charge is 0.343 e. The Morgan fingerprint density at radius 1 is 0.975 bits per heavy atom. The van der Waals surface area contributed by atoms with E-state index in [2.05, 4.69) is 15.5 Å². The number of hydrogen-bond acceptors (Lipinski definition) is 5. The Morgan fingerprint density at radius 2 is 1.77 bits per heavy atom. The normalized spacial score (nSPS) is 11.1. The van der Waals surface area contributed by atoms with Crippen LogP contribution < -0.4 is 14.9 Å². The first-order valence-electron chi connectivity index (χ1n) is 12.7. The Balaban J connectivity index is 1.42. The molecule has 2 N–H and O–H groups in total. The van der Waals surface area contributed by atoms with Gasteiger partial charge in [-0.3, -0.25) is 4.79 Å². The van der Waals surface area contributed by atoms with Crippen LogP contribution in [0.25, 0.3) is 22.0 Å². The van der Waals surface area contributed by atoms with Crippen LogP contribution in [0.1, 0.15) is 38.9 Å². The Bertz CT molecular complexity index is 1740. The molecule has 5 rings (SSSR count). The zero-order valence-corrected chi connectivity index (χ0v) is 22.7. The minimum Gasteiger partial charge on any atom is -0.494 e. The molecule has 1 heterocycles. The van der Waals surface area contributed by atoms with Gasteiger partial charge < -0.3 is 14.5 Å². The fourth-order valence-electron chi connectivity index (χ4n) is 4.37. The van der Waals surface area contributed by atoms with Crippen molar-refractivity contribution >= 4 is 40.6 Å². The van der Waals surface area contributed by atoms with Crippen molar-refractivity contribution in [3.05, 3.63) is 118 Å². The third kappa shape index (κ3) is 5.75. The number of fused-ring (bicyclic) bond motifs is 1. The number of aromatic nitrogens is 1. The first-order chi connectivity index (χ1) is 19.4. The lowest BCUT2D eigenvalue weighted by Crippen LogP contribution is -2.19. The number of nitrogens with zero attached hydrogens (tertiary/aromatic N) is 1. The summed E-state index contributed by atoms with van der Waals surface area (Å²) in [4.78, 5) is 29.3. The van der Waals surface area contributed by atoms with Crippen LogP contribution in [-0.2, 0) is 0 Å². The fourth-order valence-corrected chi connectivity index (χ4v) is 4.60. The van der Waals surface area contributed by atoms with Crippen molar-refractivity contribution in [3.8, 4) is 22.6 Å². The number of halogens is 1. The fraction of sp³-hybridized carbons (Fsp3) is 0.0938. The molecule has 0 fully saturated rings. The molecule has 0 atom stereocenters. The van der Waals surface area contributed by atoms with Crippen molar-refractivity contribution < 1.29 is 19.1 Å². The van der Waals surface area contributed by atoms with Crippen LogP contribution in [0, 0.1) is 6.92 Å². The van der Waals surface area contributed by atoms with Gasteiger partial charge in [0.2, 0.25) is 0 Å². The van der Waals surface area contributed by atoms with Gasteiger partial charge in [-0.15, -0.1) is 0 Å². The monoisotopic (exact) mass is 551 g/mol. The standard InChI is InChI=1S/C32H26ClN3O4/c1-3-39-23-15-16-27-25(18-23)29(24-12-5-6-13-26(24)33)30(35-27)31(37)36-34-19-22-10-4-7-14-28(22)40-32(38)21-11-8-9-20(2)17-21/h4-19,35H,3H2,1-2H3,(H,36,37). The highest BCUT2D eigenvalue weighted by Crippen LogP contribution is 2.38. The number of carbonyl (C=O) groups excluding carboxylic acids is 2. The molecule has 1 aromatic heterocycles. The van der Waals surface area contributed by atoms with E-state index in [1.54, 1.807) is 48.5 Å². The lowest BCUT2D eigenvalue weighted by molar-refractivity contribution is 0.0734. The van der Waals surface area contributed by atoms with Crippen molar-refractivity contribution in [2.24, 2.45) is 5.10 Å². The molecule has 0 radical (unpaired) electrons. The Labute approximate surface area is 236 Å². The predicted molar refractivity (Wildman–Crippen MR) is 158 cm³/mol. The van der Waals surface area contributed by atoms with Gasteiger partial charge in [0, 0.05) is 32.6 Å². The average Bonchev–Trinajstić information content (AvgIpc) is 3.33. The number of benzene rings is 4. The van der Waals surface area contributed by atoms with E-state index >= 15 is 0 Å². The van der Waals surface area contributed by atoms with Crippen LogP contribution in [0.3, 0.4) is 0 Å². The predicted octanol–water partition coefficient (Wildman–Crippen LogP) is 7.18. The Kier molecular flexibility index (Phi) is 7.94. The Morgan fingerprint density at radius 3 is 2.58 bits per heavy atom. The van der Waals surface area contributed by atoms with Gasteiger partial charge in [0.05, 0.1) is 18.4 Å². The summed E-state index contributed by atoms with van der Waals surface area (Å²) in [5.41, 5.74) is 6.89. The lowest BCUT2D eigenvalue weighted by Gasteiger charge is -2.08. The summed E-state index contributed by atoms with van der Waals surface area (Å²) in [5, 5.41) is 5.45. The minimum absolute atomic E-state index is 0.299. The number of esters is 1. The number of ether oxygens (including phenoxy) is 2. The maximum absolute atomic E-state index is 13.4. The molecular weight excluding hydrogens is 526 g/mol. The molecule has 0 spiro atoms. The van der Waals surface area contributed by atoms with Gasteiger partial charge in [0.25, 0.3) is 5.91 Å². The molecule has 4 aromatic carbocycles. The van der Waals surface area contributed by atoms with Crippen LogP contribution in [0.5, 0.6) is 11.5 Å². The van der Waals surface area contributed by atoms with Gasteiger partial charge in [-0.05, 0) is 62.4 Å². The Hall–Kier alpha value is -4.88. The number of rotatable bonds is 8. The maximum Gasteiger partial charge on any atom is 0.343 e. The number of amides is 1. The first kappa shape index (κ1) is 26.7. The molecule has 0 aliphatic carbocycles. The number of aromatic amines is 1. The van der Waals surface area contributed by atoms with E-state index in [9.17, 15) is 9.59 Å². The molecule has 40 heavy (non-hydrogen) atoms. The maximum atomic E-state index is 13.4. The van der Waals surface area contributed by atoms with E-state index in [0.717, 1.165) is 16.5 Å². The summed E-state index contributed by atoms with van der Waals surface area (Å²) in [6.45, 7) is 4.33. The van der Waals surface area contributed by atoms with Gasteiger partial charge in [0.15, 0.2) is 0 Å². The number of carbonyl (C=O) groups is 2. The molecular formula is C32H26ClN3O4. The van der Waals surface area contributed by atoms with E-state index in [0.29, 0.717) is 51.1 Å². The molecule has 0 aliphatic rings. The van der Waals surface area contributed by atoms with Crippen molar-refractivity contribution in [3.63, 3.8) is 0 Å². The van der Waals surface area contributed by atoms with Gasteiger partial charge in [-0.2, -0.15) is 5.10 Å². The van der Waals surface area contributed by atoms with Crippen LogP contribution >= 0.6 is 11.6 Å². The van der Waals surface area contributed by atoms with Crippen molar-refractivity contribution in [2.45, 2.75) is 13.8 Å².